The molecule has 0 unspecified atom stereocenters. The Morgan fingerprint density at radius 1 is 1.56 bits per heavy atom. The second kappa shape index (κ2) is 5.05. The molecule has 0 radical (unpaired) electrons. The maximum absolute atomic E-state index is 10.9. The molecule has 1 aromatic heterocycles. The molecule has 0 atom stereocenters. The Labute approximate surface area is 108 Å². The highest BCUT2D eigenvalue weighted by molar-refractivity contribution is 6.30. The van der Waals surface area contributed by atoms with Crippen LogP contribution < -0.4 is 5.32 Å². The molecule has 1 N–H and O–H groups in total. The summed E-state index contributed by atoms with van der Waals surface area (Å²) >= 11 is 5.74. The molecule has 0 aliphatic rings. The maximum atomic E-state index is 10.9. The molecule has 0 amide bonds. The van der Waals surface area contributed by atoms with Crippen LogP contribution in [0.3, 0.4) is 0 Å². The van der Waals surface area contributed by atoms with Gasteiger partial charge in [-0.25, -0.2) is 0 Å². The van der Waals surface area contributed by atoms with E-state index in [1.807, 2.05) is 6.92 Å². The largest absolute Gasteiger partial charge is 0.347 e. The summed E-state index contributed by atoms with van der Waals surface area (Å²) in [7, 11) is 0. The van der Waals surface area contributed by atoms with Gasteiger partial charge in [-0.05, 0) is 19.1 Å². The first-order chi connectivity index (χ1) is 8.60. The predicted molar refractivity (Wildman–Crippen MR) is 69.3 cm³/mol. The van der Waals surface area contributed by atoms with E-state index in [4.69, 9.17) is 11.6 Å². The van der Waals surface area contributed by atoms with Crippen molar-refractivity contribution in [3.63, 3.8) is 0 Å². The van der Waals surface area contributed by atoms with Crippen molar-refractivity contribution >= 4 is 28.7 Å². The number of hydrogen-bond donors (Lipinski definition) is 1. The van der Waals surface area contributed by atoms with Crippen LogP contribution in [-0.4, -0.2) is 14.7 Å². The highest BCUT2D eigenvalue weighted by Crippen LogP contribution is 2.30. The number of nitro benzene ring substituents is 1. The summed E-state index contributed by atoms with van der Waals surface area (Å²) in [5, 5.41) is 18.3. The zero-order chi connectivity index (χ0) is 13.1. The lowest BCUT2D eigenvalue weighted by Gasteiger charge is -2.04. The van der Waals surface area contributed by atoms with Crippen LogP contribution in [0.25, 0.3) is 0 Å². The van der Waals surface area contributed by atoms with Crippen LogP contribution in [0.1, 0.15) is 6.92 Å². The van der Waals surface area contributed by atoms with E-state index in [-0.39, 0.29) is 5.69 Å². The molecule has 2 aromatic rings. The zero-order valence-corrected chi connectivity index (χ0v) is 10.4. The highest BCUT2D eigenvalue weighted by atomic mass is 35.5. The number of rotatable bonds is 4. The Bertz CT molecular complexity index is 582. The average Bonchev–Trinajstić information content (AvgIpc) is 2.79. The van der Waals surface area contributed by atoms with Crippen LogP contribution in [-0.2, 0) is 6.54 Å². The maximum Gasteiger partial charge on any atom is 0.294 e. The van der Waals surface area contributed by atoms with Gasteiger partial charge in [0.05, 0.1) is 16.8 Å². The summed E-state index contributed by atoms with van der Waals surface area (Å²) in [6, 6.07) is 4.49. The summed E-state index contributed by atoms with van der Waals surface area (Å²) in [4.78, 5) is 10.4. The van der Waals surface area contributed by atoms with Gasteiger partial charge in [0.15, 0.2) is 0 Å². The summed E-state index contributed by atoms with van der Waals surface area (Å²) in [5.41, 5.74) is 1.02. The highest BCUT2D eigenvalue weighted by Gasteiger charge is 2.14. The first-order valence-corrected chi connectivity index (χ1v) is 5.71. The molecule has 7 heteroatoms. The minimum absolute atomic E-state index is 0.0632. The Morgan fingerprint density at radius 3 is 2.94 bits per heavy atom. The predicted octanol–water partition coefficient (Wildman–Crippen LogP) is 3.21. The number of anilines is 2. The van der Waals surface area contributed by atoms with Crippen molar-refractivity contribution in [3.8, 4) is 0 Å². The van der Waals surface area contributed by atoms with Crippen molar-refractivity contribution in [1.29, 1.82) is 0 Å². The average molecular weight is 267 g/mol. The standard InChI is InChI=1S/C11H11ClN4O2/c1-2-15-7-9(6-13-15)14-10-4-3-8(12)5-11(10)16(17)18/h3-7,14H,2H2,1H3. The monoisotopic (exact) mass is 266 g/mol. The number of halogens is 1. The molecule has 0 bridgehead atoms. The molecule has 18 heavy (non-hydrogen) atoms. The topological polar surface area (TPSA) is 73.0 Å². The van der Waals surface area contributed by atoms with E-state index in [0.717, 1.165) is 6.54 Å². The lowest BCUT2D eigenvalue weighted by Crippen LogP contribution is -1.96. The Kier molecular flexibility index (Phi) is 3.47. The Morgan fingerprint density at radius 2 is 2.33 bits per heavy atom. The summed E-state index contributed by atoms with van der Waals surface area (Å²) in [6.07, 6.45) is 3.39. The van der Waals surface area contributed by atoms with Crippen LogP contribution in [0.5, 0.6) is 0 Å². The molecular formula is C11H11ClN4O2. The molecule has 1 aromatic carbocycles. The van der Waals surface area contributed by atoms with E-state index < -0.39 is 4.92 Å². The molecule has 2 rings (SSSR count). The first-order valence-electron chi connectivity index (χ1n) is 5.33. The third-order valence-electron chi connectivity index (χ3n) is 2.39. The van der Waals surface area contributed by atoms with E-state index in [2.05, 4.69) is 10.4 Å². The molecule has 0 spiro atoms. The van der Waals surface area contributed by atoms with E-state index >= 15 is 0 Å². The van der Waals surface area contributed by atoms with Gasteiger partial charge in [0, 0.05) is 23.8 Å². The van der Waals surface area contributed by atoms with Crippen LogP contribution in [0.4, 0.5) is 17.1 Å². The lowest BCUT2D eigenvalue weighted by molar-refractivity contribution is -0.383. The molecule has 0 aliphatic carbocycles. The van der Waals surface area contributed by atoms with Gasteiger partial charge in [-0.15, -0.1) is 0 Å². The molecule has 1 heterocycles. The van der Waals surface area contributed by atoms with Crippen molar-refractivity contribution < 1.29 is 4.92 Å². The van der Waals surface area contributed by atoms with Crippen molar-refractivity contribution in [2.45, 2.75) is 13.5 Å². The van der Waals surface area contributed by atoms with Gasteiger partial charge in [0.1, 0.15) is 5.69 Å². The van der Waals surface area contributed by atoms with Crippen LogP contribution in [0.15, 0.2) is 30.6 Å². The molecular weight excluding hydrogens is 256 g/mol. The van der Waals surface area contributed by atoms with Gasteiger partial charge in [-0.3, -0.25) is 14.8 Å². The molecule has 94 valence electrons. The quantitative estimate of drug-likeness (QED) is 0.681. The van der Waals surface area contributed by atoms with Gasteiger partial charge in [0.2, 0.25) is 0 Å². The fourth-order valence-corrected chi connectivity index (χ4v) is 1.68. The summed E-state index contributed by atoms with van der Waals surface area (Å²) in [6.45, 7) is 2.70. The van der Waals surface area contributed by atoms with Crippen molar-refractivity contribution in [1.82, 2.24) is 9.78 Å². The fourth-order valence-electron chi connectivity index (χ4n) is 1.52. The van der Waals surface area contributed by atoms with Gasteiger partial charge in [-0.1, -0.05) is 11.6 Å². The normalized spacial score (nSPS) is 10.3. The van der Waals surface area contributed by atoms with E-state index in [1.54, 1.807) is 29.2 Å². The molecule has 0 saturated carbocycles. The van der Waals surface area contributed by atoms with Crippen LogP contribution in [0.2, 0.25) is 5.02 Å². The zero-order valence-electron chi connectivity index (χ0n) is 9.63. The lowest BCUT2D eigenvalue weighted by atomic mass is 10.2. The smallest absolute Gasteiger partial charge is 0.294 e. The van der Waals surface area contributed by atoms with Gasteiger partial charge >= 0.3 is 0 Å². The first kappa shape index (κ1) is 12.4. The van der Waals surface area contributed by atoms with Gasteiger partial charge in [-0.2, -0.15) is 5.10 Å². The number of nitro groups is 1. The minimum atomic E-state index is -0.474. The number of hydrogen-bond acceptors (Lipinski definition) is 4. The number of nitrogens with zero attached hydrogens (tertiary/aromatic N) is 3. The molecule has 0 aliphatic heterocycles. The van der Waals surface area contributed by atoms with Crippen molar-refractivity contribution in [2.75, 3.05) is 5.32 Å². The fraction of sp³-hybridized carbons (Fsp3) is 0.182. The van der Waals surface area contributed by atoms with E-state index in [1.165, 1.54) is 6.07 Å². The second-order valence-electron chi connectivity index (χ2n) is 3.63. The van der Waals surface area contributed by atoms with Crippen LogP contribution >= 0.6 is 11.6 Å². The third kappa shape index (κ3) is 2.60. The van der Waals surface area contributed by atoms with Crippen molar-refractivity contribution in [3.05, 3.63) is 45.7 Å². The van der Waals surface area contributed by atoms with Gasteiger partial charge in [0.25, 0.3) is 5.69 Å². The SMILES string of the molecule is CCn1cc(Nc2ccc(Cl)cc2[N+](=O)[O-])cn1. The summed E-state index contributed by atoms with van der Waals surface area (Å²) < 4.78 is 1.73. The molecule has 0 saturated heterocycles. The van der Waals surface area contributed by atoms with E-state index in [9.17, 15) is 10.1 Å². The van der Waals surface area contributed by atoms with Crippen LogP contribution in [0, 0.1) is 10.1 Å². The number of benzene rings is 1. The third-order valence-corrected chi connectivity index (χ3v) is 2.63. The molecule has 6 nitrogen and oxygen atoms in total. The van der Waals surface area contributed by atoms with Crippen molar-refractivity contribution in [2.24, 2.45) is 0 Å². The Balaban J connectivity index is 2.30. The van der Waals surface area contributed by atoms with Gasteiger partial charge < -0.3 is 5.32 Å². The number of aromatic nitrogens is 2. The number of aryl methyl sites for hydroxylation is 1. The van der Waals surface area contributed by atoms with E-state index in [0.29, 0.717) is 16.4 Å². The second-order valence-corrected chi connectivity index (χ2v) is 4.06. The Hall–Kier alpha value is -2.08. The number of nitrogens with one attached hydrogen (secondary N) is 1. The summed E-state index contributed by atoms with van der Waals surface area (Å²) in [5.74, 6) is 0. The minimum Gasteiger partial charge on any atom is -0.347 e. The molecule has 0 fully saturated rings.